The van der Waals surface area contributed by atoms with Crippen molar-refractivity contribution < 1.29 is 9.53 Å². The quantitative estimate of drug-likeness (QED) is 0.633. The van der Waals surface area contributed by atoms with Crippen LogP contribution in [-0.4, -0.2) is 47.5 Å². The molecule has 2 rings (SSSR count). The summed E-state index contributed by atoms with van der Waals surface area (Å²) in [4.78, 5) is 19.4. The fourth-order valence-electron chi connectivity index (χ4n) is 2.42. The van der Waals surface area contributed by atoms with Gasteiger partial charge in [-0.2, -0.15) is 0 Å². The number of carbonyl (C=O) groups is 1. The zero-order chi connectivity index (χ0) is 17.5. The fourth-order valence-corrected chi connectivity index (χ4v) is 4.07. The molecular formula is C17H22Cl2N2O2S. The molecular weight excluding hydrogens is 367 g/mol. The summed E-state index contributed by atoms with van der Waals surface area (Å²) >= 11 is 13.8. The molecule has 0 aromatic heterocycles. The monoisotopic (exact) mass is 388 g/mol. The molecule has 1 saturated heterocycles. The molecule has 1 atom stereocenters. The first-order valence-corrected chi connectivity index (χ1v) is 9.86. The maximum Gasteiger partial charge on any atom is 0.261 e. The van der Waals surface area contributed by atoms with Crippen LogP contribution in [-0.2, 0) is 4.74 Å². The summed E-state index contributed by atoms with van der Waals surface area (Å²) in [6, 6.07) is 5.08. The summed E-state index contributed by atoms with van der Waals surface area (Å²) in [5.41, 5.74) is 0.423. The number of hydrogen-bond donors (Lipinski definition) is 0. The van der Waals surface area contributed by atoms with Gasteiger partial charge in [0.05, 0.1) is 10.6 Å². The highest BCUT2D eigenvalue weighted by atomic mass is 35.5. The minimum absolute atomic E-state index is 0.128. The van der Waals surface area contributed by atoms with Gasteiger partial charge >= 0.3 is 0 Å². The van der Waals surface area contributed by atoms with Crippen molar-refractivity contribution in [3.63, 3.8) is 0 Å². The van der Waals surface area contributed by atoms with Crippen LogP contribution in [0.1, 0.15) is 37.0 Å². The van der Waals surface area contributed by atoms with Gasteiger partial charge in [0.15, 0.2) is 5.17 Å². The third-order valence-corrected chi connectivity index (χ3v) is 5.42. The molecule has 1 fully saturated rings. The van der Waals surface area contributed by atoms with E-state index in [0.29, 0.717) is 35.4 Å². The predicted octanol–water partition coefficient (Wildman–Crippen LogP) is 4.74. The number of aliphatic imine (C=N–C) groups is 1. The van der Waals surface area contributed by atoms with Crippen LogP contribution in [0, 0.1) is 0 Å². The maximum atomic E-state index is 13.0. The highest BCUT2D eigenvalue weighted by molar-refractivity contribution is 8.14. The maximum absolute atomic E-state index is 13.0. The van der Waals surface area contributed by atoms with Crippen molar-refractivity contribution in [3.05, 3.63) is 33.8 Å². The topological polar surface area (TPSA) is 41.9 Å². The summed E-state index contributed by atoms with van der Waals surface area (Å²) in [7, 11) is 0. The number of benzene rings is 1. The van der Waals surface area contributed by atoms with E-state index in [0.717, 1.165) is 23.8 Å². The Hall–Kier alpha value is -0.750. The molecule has 0 N–H and O–H groups in total. The van der Waals surface area contributed by atoms with Gasteiger partial charge in [-0.3, -0.25) is 14.7 Å². The molecule has 1 aliphatic heterocycles. The highest BCUT2D eigenvalue weighted by Gasteiger charge is 2.35. The van der Waals surface area contributed by atoms with E-state index in [2.05, 4.69) is 11.9 Å². The largest absolute Gasteiger partial charge is 0.382 e. The Labute approximate surface area is 157 Å². The lowest BCUT2D eigenvalue weighted by Crippen LogP contribution is -2.39. The van der Waals surface area contributed by atoms with Crippen molar-refractivity contribution in [1.82, 2.24) is 4.90 Å². The Morgan fingerprint density at radius 2 is 2.21 bits per heavy atom. The number of hydrogen-bond acceptors (Lipinski definition) is 4. The SMILES string of the molecule is CCOCCCN=C1SC[C@H](CC)N1C(=O)c1cc(Cl)ccc1Cl. The number of amidine groups is 1. The Kier molecular flexibility index (Phi) is 7.88. The van der Waals surface area contributed by atoms with E-state index >= 15 is 0 Å². The van der Waals surface area contributed by atoms with E-state index in [1.165, 1.54) is 0 Å². The van der Waals surface area contributed by atoms with Crippen LogP contribution in [0.4, 0.5) is 0 Å². The van der Waals surface area contributed by atoms with Crippen LogP contribution >= 0.6 is 35.0 Å². The molecule has 1 amide bonds. The van der Waals surface area contributed by atoms with Gasteiger partial charge in [0.1, 0.15) is 0 Å². The van der Waals surface area contributed by atoms with Gasteiger partial charge in [0, 0.05) is 36.6 Å². The van der Waals surface area contributed by atoms with E-state index in [1.54, 1.807) is 34.9 Å². The van der Waals surface area contributed by atoms with Crippen LogP contribution < -0.4 is 0 Å². The van der Waals surface area contributed by atoms with Crippen LogP contribution in [0.3, 0.4) is 0 Å². The number of ether oxygens (including phenoxy) is 1. The Bertz CT molecular complexity index is 610. The molecule has 4 nitrogen and oxygen atoms in total. The third-order valence-electron chi connectivity index (χ3n) is 3.72. The van der Waals surface area contributed by atoms with E-state index in [4.69, 9.17) is 27.9 Å². The van der Waals surface area contributed by atoms with Crippen LogP contribution in [0.15, 0.2) is 23.2 Å². The summed E-state index contributed by atoms with van der Waals surface area (Å²) < 4.78 is 5.32. The minimum atomic E-state index is -0.136. The number of halogens is 2. The molecule has 1 aromatic rings. The summed E-state index contributed by atoms with van der Waals surface area (Å²) in [5.74, 6) is 0.716. The Balaban J connectivity index is 2.17. The van der Waals surface area contributed by atoms with Gasteiger partial charge in [-0.15, -0.1) is 0 Å². The number of thioether (sulfide) groups is 1. The first kappa shape index (κ1) is 19.6. The zero-order valence-corrected chi connectivity index (χ0v) is 16.3. The Morgan fingerprint density at radius 1 is 1.42 bits per heavy atom. The molecule has 1 heterocycles. The van der Waals surface area contributed by atoms with Crippen LogP contribution in [0.2, 0.25) is 10.0 Å². The summed E-state index contributed by atoms with van der Waals surface area (Å²) in [5, 5.41) is 1.67. The Morgan fingerprint density at radius 3 is 2.92 bits per heavy atom. The average molecular weight is 389 g/mol. The zero-order valence-electron chi connectivity index (χ0n) is 13.9. The lowest BCUT2D eigenvalue weighted by Gasteiger charge is -2.23. The fraction of sp³-hybridized carbons (Fsp3) is 0.529. The van der Waals surface area contributed by atoms with Gasteiger partial charge in [-0.25, -0.2) is 0 Å². The number of rotatable bonds is 7. The number of nitrogens with zero attached hydrogens (tertiary/aromatic N) is 2. The molecule has 132 valence electrons. The minimum Gasteiger partial charge on any atom is -0.382 e. The first-order chi connectivity index (χ1) is 11.6. The van der Waals surface area contributed by atoms with Crippen molar-refractivity contribution in [2.75, 3.05) is 25.5 Å². The van der Waals surface area contributed by atoms with Crippen LogP contribution in [0.25, 0.3) is 0 Å². The highest BCUT2D eigenvalue weighted by Crippen LogP contribution is 2.30. The molecule has 0 unspecified atom stereocenters. The second kappa shape index (κ2) is 9.66. The molecule has 0 radical (unpaired) electrons. The molecule has 0 spiro atoms. The van der Waals surface area contributed by atoms with Gasteiger partial charge < -0.3 is 4.74 Å². The van der Waals surface area contributed by atoms with E-state index in [9.17, 15) is 4.79 Å². The summed E-state index contributed by atoms with van der Waals surface area (Å²) in [6.07, 6.45) is 1.71. The van der Waals surface area contributed by atoms with Gasteiger partial charge in [-0.05, 0) is 38.0 Å². The van der Waals surface area contributed by atoms with Crippen LogP contribution in [0.5, 0.6) is 0 Å². The second-order valence-corrected chi connectivity index (χ2v) is 7.22. The molecule has 1 aromatic carbocycles. The number of carbonyl (C=O) groups excluding carboxylic acids is 1. The van der Waals surface area contributed by atoms with Crippen molar-refractivity contribution >= 4 is 46.0 Å². The van der Waals surface area contributed by atoms with E-state index in [1.807, 2.05) is 6.92 Å². The predicted molar refractivity (Wildman–Crippen MR) is 103 cm³/mol. The van der Waals surface area contributed by atoms with E-state index < -0.39 is 0 Å². The smallest absolute Gasteiger partial charge is 0.261 e. The molecule has 0 bridgehead atoms. The molecule has 24 heavy (non-hydrogen) atoms. The van der Waals surface area contributed by atoms with Crippen molar-refractivity contribution in [3.8, 4) is 0 Å². The van der Waals surface area contributed by atoms with Crippen molar-refractivity contribution in [1.29, 1.82) is 0 Å². The van der Waals surface area contributed by atoms with E-state index in [-0.39, 0.29) is 11.9 Å². The normalized spacial score (nSPS) is 19.2. The molecule has 7 heteroatoms. The molecule has 1 aliphatic rings. The average Bonchev–Trinajstić information content (AvgIpc) is 2.99. The lowest BCUT2D eigenvalue weighted by atomic mass is 10.1. The number of amides is 1. The third kappa shape index (κ3) is 4.88. The standard InChI is InChI=1S/C17H22Cl2N2O2S/c1-3-13-11-24-17(20-8-5-9-23-4-2)21(13)16(22)14-10-12(18)6-7-15(14)19/h6-7,10,13H,3-5,8-9,11H2,1-2H3/t13-/m0/s1. The van der Waals surface area contributed by atoms with Gasteiger partial charge in [-0.1, -0.05) is 41.9 Å². The van der Waals surface area contributed by atoms with Gasteiger partial charge in [0.25, 0.3) is 5.91 Å². The van der Waals surface area contributed by atoms with Crippen molar-refractivity contribution in [2.24, 2.45) is 4.99 Å². The second-order valence-electron chi connectivity index (χ2n) is 5.39. The molecule has 0 aliphatic carbocycles. The lowest BCUT2D eigenvalue weighted by molar-refractivity contribution is 0.0819. The molecule has 0 saturated carbocycles. The summed E-state index contributed by atoms with van der Waals surface area (Å²) in [6.45, 7) is 6.08. The van der Waals surface area contributed by atoms with Crippen molar-refractivity contribution in [2.45, 2.75) is 32.7 Å². The van der Waals surface area contributed by atoms with Gasteiger partial charge in [0.2, 0.25) is 0 Å². The first-order valence-electron chi connectivity index (χ1n) is 8.12.